The molecular formula is C30H26FN3O5S2. The lowest BCUT2D eigenvalue weighted by atomic mass is 9.95. The van der Waals surface area contributed by atoms with Crippen LogP contribution in [0.1, 0.15) is 36.6 Å². The molecule has 0 spiro atoms. The molecule has 3 aromatic carbocycles. The quantitative estimate of drug-likeness (QED) is 0.0744. The minimum Gasteiger partial charge on any atom is -0.507 e. The molecule has 41 heavy (non-hydrogen) atoms. The molecule has 1 atom stereocenters. The summed E-state index contributed by atoms with van der Waals surface area (Å²) in [6.45, 7) is 4.50. The maximum absolute atomic E-state index is 13.5. The first kappa shape index (κ1) is 28.3. The number of ketones is 1. The van der Waals surface area contributed by atoms with Crippen molar-refractivity contribution in [2.45, 2.75) is 30.0 Å². The van der Waals surface area contributed by atoms with Gasteiger partial charge in [0.05, 0.1) is 24.8 Å². The van der Waals surface area contributed by atoms with Crippen molar-refractivity contribution in [1.29, 1.82) is 0 Å². The number of benzene rings is 3. The van der Waals surface area contributed by atoms with E-state index in [1.165, 1.54) is 28.8 Å². The average molecular weight is 592 g/mol. The number of aliphatic hydroxyl groups excluding tert-OH is 1. The number of ether oxygens (including phenoxy) is 2. The van der Waals surface area contributed by atoms with E-state index >= 15 is 0 Å². The largest absolute Gasteiger partial charge is 0.507 e. The number of anilines is 1. The van der Waals surface area contributed by atoms with E-state index in [0.717, 1.165) is 16.9 Å². The van der Waals surface area contributed by atoms with Crippen LogP contribution in [-0.4, -0.2) is 40.2 Å². The Bertz CT molecular complexity index is 1590. The standard InChI is InChI=1S/C30H26FN3O5S2/c1-3-38-22-15-12-20(16-23(22)39-4-2)25-24(26(35)19-8-6-5-7-9-19)27(36)28(37)34(25)29-32-33-30(41-29)40-17-18-10-13-21(31)14-11-18/h5-16,25,35H,3-4,17H2,1-2H3/b26-24+. The van der Waals surface area contributed by atoms with Gasteiger partial charge in [0.1, 0.15) is 11.6 Å². The highest BCUT2D eigenvalue weighted by Gasteiger charge is 2.48. The van der Waals surface area contributed by atoms with Gasteiger partial charge in [0.15, 0.2) is 15.8 Å². The highest BCUT2D eigenvalue weighted by molar-refractivity contribution is 8.00. The van der Waals surface area contributed by atoms with Gasteiger partial charge in [-0.3, -0.25) is 14.5 Å². The van der Waals surface area contributed by atoms with Crippen LogP contribution in [0.4, 0.5) is 9.52 Å². The second-order valence-corrected chi connectivity index (χ2v) is 11.1. The molecule has 4 aromatic rings. The number of hydrogen-bond acceptors (Lipinski definition) is 9. The zero-order valence-corrected chi connectivity index (χ0v) is 23.9. The molecule has 1 aliphatic rings. The molecule has 1 aromatic heterocycles. The predicted molar refractivity (Wildman–Crippen MR) is 156 cm³/mol. The molecule has 5 rings (SSSR count). The van der Waals surface area contributed by atoms with Crippen LogP contribution in [0, 0.1) is 5.82 Å². The van der Waals surface area contributed by atoms with E-state index in [2.05, 4.69) is 10.2 Å². The van der Waals surface area contributed by atoms with E-state index in [1.54, 1.807) is 60.7 Å². The van der Waals surface area contributed by atoms with E-state index in [-0.39, 0.29) is 22.3 Å². The van der Waals surface area contributed by atoms with E-state index in [0.29, 0.717) is 45.9 Å². The minimum absolute atomic E-state index is 0.0662. The molecule has 0 aliphatic carbocycles. The van der Waals surface area contributed by atoms with E-state index in [9.17, 15) is 19.1 Å². The number of aromatic nitrogens is 2. The molecule has 1 aliphatic heterocycles. The third-order valence-electron chi connectivity index (χ3n) is 6.25. The highest BCUT2D eigenvalue weighted by atomic mass is 32.2. The lowest BCUT2D eigenvalue weighted by Crippen LogP contribution is -2.29. The van der Waals surface area contributed by atoms with Gasteiger partial charge < -0.3 is 14.6 Å². The summed E-state index contributed by atoms with van der Waals surface area (Å²) in [4.78, 5) is 28.2. The molecule has 1 unspecified atom stereocenters. The summed E-state index contributed by atoms with van der Waals surface area (Å²) in [7, 11) is 0. The number of rotatable bonds is 10. The first-order valence-corrected chi connectivity index (χ1v) is 14.7. The van der Waals surface area contributed by atoms with Crippen LogP contribution in [0.15, 0.2) is 82.7 Å². The summed E-state index contributed by atoms with van der Waals surface area (Å²) in [5.41, 5.74) is 1.77. The minimum atomic E-state index is -0.993. The average Bonchev–Trinajstić information content (AvgIpc) is 3.56. The topological polar surface area (TPSA) is 102 Å². The van der Waals surface area contributed by atoms with Crippen molar-refractivity contribution in [3.8, 4) is 11.5 Å². The molecule has 2 heterocycles. The van der Waals surface area contributed by atoms with Crippen molar-refractivity contribution in [2.75, 3.05) is 18.1 Å². The Balaban J connectivity index is 1.57. The van der Waals surface area contributed by atoms with Gasteiger partial charge in [-0.05, 0) is 49.2 Å². The molecule has 8 nitrogen and oxygen atoms in total. The van der Waals surface area contributed by atoms with E-state index in [1.807, 2.05) is 13.8 Å². The molecule has 1 amide bonds. The normalized spacial score (nSPS) is 16.3. The maximum Gasteiger partial charge on any atom is 0.301 e. The fourth-order valence-electron chi connectivity index (χ4n) is 4.42. The van der Waals surface area contributed by atoms with Gasteiger partial charge in [-0.25, -0.2) is 4.39 Å². The number of thioether (sulfide) groups is 1. The molecule has 0 saturated carbocycles. The monoisotopic (exact) mass is 591 g/mol. The van der Waals surface area contributed by atoms with Crippen LogP contribution in [0.5, 0.6) is 11.5 Å². The molecule has 0 bridgehead atoms. The number of carbonyl (C=O) groups excluding carboxylic acids is 2. The molecule has 1 fully saturated rings. The van der Waals surface area contributed by atoms with Gasteiger partial charge >= 0.3 is 5.91 Å². The Kier molecular flexibility index (Phi) is 8.65. The smallest absolute Gasteiger partial charge is 0.301 e. The van der Waals surface area contributed by atoms with Crippen LogP contribution in [0.2, 0.25) is 0 Å². The van der Waals surface area contributed by atoms with E-state index < -0.39 is 17.7 Å². The fourth-order valence-corrected chi connectivity index (χ4v) is 6.24. The Morgan fingerprint density at radius 3 is 2.39 bits per heavy atom. The fraction of sp³-hybridized carbons (Fsp3) is 0.200. The first-order valence-electron chi connectivity index (χ1n) is 12.9. The van der Waals surface area contributed by atoms with Crippen molar-refractivity contribution in [2.24, 2.45) is 0 Å². The van der Waals surface area contributed by atoms with Crippen molar-refractivity contribution in [1.82, 2.24) is 10.2 Å². The Hall–Kier alpha value is -4.22. The number of hydrogen-bond donors (Lipinski definition) is 1. The van der Waals surface area contributed by atoms with E-state index in [4.69, 9.17) is 9.47 Å². The molecule has 0 radical (unpaired) electrons. The van der Waals surface area contributed by atoms with Crippen molar-refractivity contribution >= 4 is 45.7 Å². The predicted octanol–water partition coefficient (Wildman–Crippen LogP) is 6.39. The van der Waals surface area contributed by atoms with Gasteiger partial charge in [0.2, 0.25) is 5.13 Å². The van der Waals surface area contributed by atoms with Crippen molar-refractivity contribution in [3.05, 3.63) is 101 Å². The van der Waals surface area contributed by atoms with Crippen LogP contribution in [0.25, 0.3) is 5.76 Å². The number of carbonyl (C=O) groups is 2. The Labute approximate surface area is 244 Å². The summed E-state index contributed by atoms with van der Waals surface area (Å²) in [5.74, 6) is -0.784. The first-order chi connectivity index (χ1) is 19.9. The third kappa shape index (κ3) is 5.96. The lowest BCUT2D eigenvalue weighted by Gasteiger charge is -2.23. The highest BCUT2D eigenvalue weighted by Crippen LogP contribution is 2.45. The second-order valence-electron chi connectivity index (χ2n) is 8.87. The molecular weight excluding hydrogens is 565 g/mol. The Morgan fingerprint density at radius 1 is 0.976 bits per heavy atom. The maximum atomic E-state index is 13.5. The summed E-state index contributed by atoms with van der Waals surface area (Å²) >= 11 is 2.53. The van der Waals surface area contributed by atoms with Crippen LogP contribution < -0.4 is 14.4 Å². The molecule has 210 valence electrons. The summed E-state index contributed by atoms with van der Waals surface area (Å²) in [5, 5.41) is 20.0. The zero-order chi connectivity index (χ0) is 28.9. The Morgan fingerprint density at radius 2 is 1.68 bits per heavy atom. The number of aliphatic hydroxyl groups is 1. The van der Waals surface area contributed by atoms with Gasteiger partial charge in [-0.1, -0.05) is 71.6 Å². The third-order valence-corrected chi connectivity index (χ3v) is 8.38. The van der Waals surface area contributed by atoms with Gasteiger partial charge in [-0.15, -0.1) is 10.2 Å². The van der Waals surface area contributed by atoms with Crippen LogP contribution >= 0.6 is 23.1 Å². The summed E-state index contributed by atoms with van der Waals surface area (Å²) in [6, 6.07) is 18.9. The van der Waals surface area contributed by atoms with Crippen LogP contribution in [0.3, 0.4) is 0 Å². The SMILES string of the molecule is CCOc1ccc(C2/C(=C(\O)c3ccccc3)C(=O)C(=O)N2c2nnc(SCc3ccc(F)cc3)s2)cc1OCC. The number of halogens is 1. The van der Waals surface area contributed by atoms with Crippen molar-refractivity contribution in [3.63, 3.8) is 0 Å². The second kappa shape index (κ2) is 12.5. The van der Waals surface area contributed by atoms with Crippen LogP contribution in [-0.2, 0) is 15.3 Å². The molecule has 1 saturated heterocycles. The summed E-state index contributed by atoms with van der Waals surface area (Å²) in [6.07, 6.45) is 0. The lowest BCUT2D eigenvalue weighted by molar-refractivity contribution is -0.132. The number of nitrogens with zero attached hydrogens (tertiary/aromatic N) is 3. The van der Waals surface area contributed by atoms with Gasteiger partial charge in [0.25, 0.3) is 5.78 Å². The number of Topliss-reactive ketones (excluding diaryl/α,β-unsaturated/α-hetero) is 1. The molecule has 11 heteroatoms. The van der Waals surface area contributed by atoms with Crippen molar-refractivity contribution < 1.29 is 28.6 Å². The molecule has 1 N–H and O–H groups in total. The number of amides is 1. The van der Waals surface area contributed by atoms with Gasteiger partial charge in [-0.2, -0.15) is 0 Å². The zero-order valence-electron chi connectivity index (χ0n) is 22.2. The summed E-state index contributed by atoms with van der Waals surface area (Å²) < 4.78 is 25.3. The van der Waals surface area contributed by atoms with Gasteiger partial charge in [0, 0.05) is 11.3 Å².